The van der Waals surface area contributed by atoms with E-state index in [1.807, 2.05) is 31.8 Å². The van der Waals surface area contributed by atoms with Crippen molar-refractivity contribution in [1.29, 1.82) is 0 Å². The van der Waals surface area contributed by atoms with Crippen LogP contribution in [0.4, 0.5) is 4.39 Å². The summed E-state index contributed by atoms with van der Waals surface area (Å²) in [6.45, 7) is 2.05. The Kier molecular flexibility index (Phi) is 3.81. The quantitative estimate of drug-likeness (QED) is 0.904. The number of aryl methyl sites for hydroxylation is 1. The summed E-state index contributed by atoms with van der Waals surface area (Å²) >= 11 is 1.89. The minimum atomic E-state index is -0.162. The molecule has 0 radical (unpaired) electrons. The van der Waals surface area contributed by atoms with E-state index in [1.165, 1.54) is 16.5 Å². The molecule has 0 aromatic heterocycles. The topological polar surface area (TPSA) is 12.0 Å². The van der Waals surface area contributed by atoms with Gasteiger partial charge in [-0.25, -0.2) is 4.39 Å². The number of hydrogen-bond acceptors (Lipinski definition) is 2. The molecule has 2 aromatic carbocycles. The normalized spacial score (nSPS) is 18.9. The monoisotopic (exact) mass is 287 g/mol. The lowest BCUT2D eigenvalue weighted by molar-refractivity contribution is 0.507. The summed E-state index contributed by atoms with van der Waals surface area (Å²) in [6, 6.07) is 13.7. The summed E-state index contributed by atoms with van der Waals surface area (Å²) in [5.41, 5.74) is 3.58. The maximum absolute atomic E-state index is 13.6. The van der Waals surface area contributed by atoms with Crippen LogP contribution in [0.15, 0.2) is 47.4 Å². The number of fused-ring (bicyclic) bond motifs is 1. The van der Waals surface area contributed by atoms with Gasteiger partial charge in [0.15, 0.2) is 0 Å². The third-order valence-electron chi connectivity index (χ3n) is 4.03. The number of nitrogens with one attached hydrogen (secondary N) is 1. The molecule has 1 aliphatic heterocycles. The van der Waals surface area contributed by atoms with Crippen molar-refractivity contribution in [3.05, 3.63) is 65.0 Å². The van der Waals surface area contributed by atoms with Crippen LogP contribution in [0.25, 0.3) is 0 Å². The number of thioether (sulfide) groups is 1. The van der Waals surface area contributed by atoms with Gasteiger partial charge >= 0.3 is 0 Å². The zero-order chi connectivity index (χ0) is 14.1. The summed E-state index contributed by atoms with van der Waals surface area (Å²) in [6.07, 6.45) is 0. The third-order valence-corrected chi connectivity index (χ3v) is 5.24. The molecule has 1 heterocycles. The van der Waals surface area contributed by atoms with Gasteiger partial charge in [0.1, 0.15) is 5.82 Å². The molecule has 1 N–H and O–H groups in total. The largest absolute Gasteiger partial charge is 0.312 e. The Bertz CT molecular complexity index is 626. The molecule has 2 atom stereocenters. The van der Waals surface area contributed by atoms with Gasteiger partial charge in [-0.3, -0.25) is 0 Å². The molecule has 0 fully saturated rings. The van der Waals surface area contributed by atoms with Crippen molar-refractivity contribution in [2.45, 2.75) is 23.8 Å². The first-order chi connectivity index (χ1) is 9.70. The molecule has 104 valence electrons. The van der Waals surface area contributed by atoms with Gasteiger partial charge in [0, 0.05) is 22.6 Å². The molecule has 0 saturated heterocycles. The van der Waals surface area contributed by atoms with Crippen molar-refractivity contribution < 1.29 is 4.39 Å². The van der Waals surface area contributed by atoms with E-state index in [0.717, 1.165) is 16.9 Å². The van der Waals surface area contributed by atoms with E-state index >= 15 is 0 Å². The second-order valence-corrected chi connectivity index (χ2v) is 6.28. The molecule has 0 bridgehead atoms. The maximum Gasteiger partial charge on any atom is 0.123 e. The van der Waals surface area contributed by atoms with Crippen molar-refractivity contribution in [2.24, 2.45) is 0 Å². The van der Waals surface area contributed by atoms with Crippen LogP contribution in [0.1, 0.15) is 28.7 Å². The molecular formula is C17H18FNS. The lowest BCUT2D eigenvalue weighted by Crippen LogP contribution is -2.25. The van der Waals surface area contributed by atoms with Gasteiger partial charge in [-0.1, -0.05) is 24.3 Å². The van der Waals surface area contributed by atoms with E-state index < -0.39 is 0 Å². The third kappa shape index (κ3) is 2.36. The SMILES string of the molecule is CNC(c1cc(F)ccc1C)C1CSc2ccccc21. The Morgan fingerprint density at radius 1 is 1.25 bits per heavy atom. The van der Waals surface area contributed by atoms with E-state index in [2.05, 4.69) is 29.6 Å². The molecule has 3 heteroatoms. The summed E-state index contributed by atoms with van der Waals surface area (Å²) in [7, 11) is 1.96. The Morgan fingerprint density at radius 2 is 2.05 bits per heavy atom. The first-order valence-corrected chi connectivity index (χ1v) is 7.84. The first kappa shape index (κ1) is 13.7. The van der Waals surface area contributed by atoms with Crippen LogP contribution in [-0.2, 0) is 0 Å². The minimum Gasteiger partial charge on any atom is -0.312 e. The number of halogens is 1. The molecule has 20 heavy (non-hydrogen) atoms. The molecule has 0 spiro atoms. The molecule has 1 aliphatic rings. The molecule has 3 rings (SSSR count). The molecule has 0 amide bonds. The van der Waals surface area contributed by atoms with Gasteiger partial charge in [0.2, 0.25) is 0 Å². The fraction of sp³-hybridized carbons (Fsp3) is 0.294. The van der Waals surface area contributed by atoms with Gasteiger partial charge in [-0.2, -0.15) is 0 Å². The van der Waals surface area contributed by atoms with Crippen molar-refractivity contribution in [2.75, 3.05) is 12.8 Å². The van der Waals surface area contributed by atoms with Crippen LogP contribution in [0.3, 0.4) is 0 Å². The highest BCUT2D eigenvalue weighted by Gasteiger charge is 2.31. The van der Waals surface area contributed by atoms with E-state index in [4.69, 9.17) is 0 Å². The van der Waals surface area contributed by atoms with Crippen LogP contribution >= 0.6 is 11.8 Å². The van der Waals surface area contributed by atoms with Crippen molar-refractivity contribution in [1.82, 2.24) is 5.32 Å². The standard InChI is InChI=1S/C17H18FNS/c1-11-7-8-12(18)9-14(11)17(19-2)15-10-20-16-6-4-3-5-13(15)16/h3-9,15,17,19H,10H2,1-2H3. The summed E-state index contributed by atoms with van der Waals surface area (Å²) in [5.74, 6) is 1.27. The lowest BCUT2D eigenvalue weighted by atomic mass is 9.86. The molecule has 0 saturated carbocycles. The van der Waals surface area contributed by atoms with Crippen LogP contribution in [0.2, 0.25) is 0 Å². The number of likely N-dealkylation sites (N-methyl/N-ethyl adjacent to an activating group) is 1. The summed E-state index contributed by atoms with van der Waals surface area (Å²) in [5, 5.41) is 3.39. The lowest BCUT2D eigenvalue weighted by Gasteiger charge is -2.25. The van der Waals surface area contributed by atoms with Crippen LogP contribution in [0, 0.1) is 12.7 Å². The molecule has 0 aliphatic carbocycles. The molecule has 1 nitrogen and oxygen atoms in total. The van der Waals surface area contributed by atoms with Gasteiger partial charge in [-0.05, 0) is 48.9 Å². The highest BCUT2D eigenvalue weighted by molar-refractivity contribution is 7.99. The van der Waals surface area contributed by atoms with E-state index in [1.54, 1.807) is 6.07 Å². The minimum absolute atomic E-state index is 0.154. The highest BCUT2D eigenvalue weighted by atomic mass is 32.2. The number of rotatable bonds is 3. The Balaban J connectivity index is 2.01. The van der Waals surface area contributed by atoms with Crippen LogP contribution in [-0.4, -0.2) is 12.8 Å². The predicted molar refractivity (Wildman–Crippen MR) is 82.8 cm³/mol. The van der Waals surface area contributed by atoms with Gasteiger partial charge in [0.25, 0.3) is 0 Å². The highest BCUT2D eigenvalue weighted by Crippen LogP contribution is 2.45. The average Bonchev–Trinajstić information content (AvgIpc) is 2.88. The molecule has 2 aromatic rings. The Morgan fingerprint density at radius 3 is 2.85 bits per heavy atom. The van der Waals surface area contributed by atoms with E-state index in [9.17, 15) is 4.39 Å². The number of benzene rings is 2. The van der Waals surface area contributed by atoms with Crippen molar-refractivity contribution in [3.63, 3.8) is 0 Å². The van der Waals surface area contributed by atoms with Crippen LogP contribution in [0.5, 0.6) is 0 Å². The first-order valence-electron chi connectivity index (χ1n) is 6.85. The second-order valence-electron chi connectivity index (χ2n) is 5.22. The zero-order valence-corrected chi connectivity index (χ0v) is 12.5. The summed E-state index contributed by atoms with van der Waals surface area (Å²) in [4.78, 5) is 1.35. The predicted octanol–water partition coefficient (Wildman–Crippen LogP) is 4.28. The molecule has 2 unspecified atom stereocenters. The van der Waals surface area contributed by atoms with Crippen molar-refractivity contribution >= 4 is 11.8 Å². The average molecular weight is 287 g/mol. The fourth-order valence-electron chi connectivity index (χ4n) is 2.98. The van der Waals surface area contributed by atoms with Crippen LogP contribution < -0.4 is 5.32 Å². The van der Waals surface area contributed by atoms with Gasteiger partial charge in [0.05, 0.1) is 0 Å². The van der Waals surface area contributed by atoms with Crippen molar-refractivity contribution in [3.8, 4) is 0 Å². The summed E-state index contributed by atoms with van der Waals surface area (Å²) < 4.78 is 13.6. The second kappa shape index (κ2) is 5.58. The Labute approximate surface area is 123 Å². The number of hydrogen-bond donors (Lipinski definition) is 1. The van der Waals surface area contributed by atoms with E-state index in [0.29, 0.717) is 5.92 Å². The molecular weight excluding hydrogens is 269 g/mol. The van der Waals surface area contributed by atoms with E-state index in [-0.39, 0.29) is 11.9 Å². The fourth-order valence-corrected chi connectivity index (χ4v) is 4.28. The Hall–Kier alpha value is -1.32. The maximum atomic E-state index is 13.6. The zero-order valence-electron chi connectivity index (χ0n) is 11.7. The van der Waals surface area contributed by atoms with Gasteiger partial charge < -0.3 is 5.32 Å². The van der Waals surface area contributed by atoms with Gasteiger partial charge in [-0.15, -0.1) is 11.8 Å². The smallest absolute Gasteiger partial charge is 0.123 e.